The van der Waals surface area contributed by atoms with Crippen molar-refractivity contribution in [2.45, 2.75) is 57.5 Å². The van der Waals surface area contributed by atoms with Crippen LogP contribution in [0.1, 0.15) is 46.0 Å². The van der Waals surface area contributed by atoms with E-state index >= 15 is 0 Å². The Morgan fingerprint density at radius 1 is 1.21 bits per heavy atom. The summed E-state index contributed by atoms with van der Waals surface area (Å²) in [6, 6.07) is -0.907. The maximum Gasteiger partial charge on any atom is 0.322 e. The SMILES string of the molecule is CC1(C)CCCN1S(=O)(=O)N1CCCCC1C(=O)O. The molecule has 2 heterocycles. The molecule has 1 unspecified atom stereocenters. The first-order valence-electron chi connectivity index (χ1n) is 6.79. The lowest BCUT2D eigenvalue weighted by Crippen LogP contribution is -2.56. The number of piperidine rings is 1. The number of carboxylic acid groups (broad SMARTS) is 1. The molecule has 1 atom stereocenters. The molecule has 0 aromatic rings. The lowest BCUT2D eigenvalue weighted by atomic mass is 10.0. The normalized spacial score (nSPS) is 29.5. The number of hydrogen-bond acceptors (Lipinski definition) is 3. The fourth-order valence-electron chi connectivity index (χ4n) is 3.06. The number of nitrogens with zero attached hydrogens (tertiary/aromatic N) is 2. The molecule has 0 radical (unpaired) electrons. The van der Waals surface area contributed by atoms with E-state index in [2.05, 4.69) is 0 Å². The Morgan fingerprint density at radius 3 is 2.42 bits per heavy atom. The number of aliphatic carboxylic acids is 1. The summed E-state index contributed by atoms with van der Waals surface area (Å²) in [5, 5.41) is 9.22. The number of rotatable bonds is 3. The molecule has 2 fully saturated rings. The third kappa shape index (κ3) is 2.64. The van der Waals surface area contributed by atoms with Gasteiger partial charge in [0.1, 0.15) is 6.04 Å². The summed E-state index contributed by atoms with van der Waals surface area (Å²) in [6.07, 6.45) is 3.56. The molecule has 2 aliphatic heterocycles. The first kappa shape index (κ1) is 14.7. The van der Waals surface area contributed by atoms with Crippen molar-refractivity contribution in [2.24, 2.45) is 0 Å². The number of hydrogen-bond donors (Lipinski definition) is 1. The molecular weight excluding hydrogens is 268 g/mol. The van der Waals surface area contributed by atoms with Crippen LogP contribution in [-0.4, -0.2) is 52.8 Å². The Morgan fingerprint density at radius 2 is 1.89 bits per heavy atom. The fraction of sp³-hybridized carbons (Fsp3) is 0.917. The Kier molecular flexibility index (Phi) is 3.90. The minimum Gasteiger partial charge on any atom is -0.480 e. The molecular formula is C12H22N2O4S. The molecule has 110 valence electrons. The van der Waals surface area contributed by atoms with E-state index < -0.39 is 27.8 Å². The van der Waals surface area contributed by atoms with Gasteiger partial charge in [0.15, 0.2) is 0 Å². The largest absolute Gasteiger partial charge is 0.480 e. The molecule has 2 aliphatic rings. The van der Waals surface area contributed by atoms with Gasteiger partial charge < -0.3 is 5.11 Å². The molecule has 19 heavy (non-hydrogen) atoms. The molecule has 0 spiro atoms. The van der Waals surface area contributed by atoms with Crippen LogP contribution in [0.3, 0.4) is 0 Å². The molecule has 0 aromatic carbocycles. The fourth-order valence-corrected chi connectivity index (χ4v) is 5.27. The second-order valence-electron chi connectivity index (χ2n) is 5.96. The molecule has 2 saturated heterocycles. The topological polar surface area (TPSA) is 77.9 Å². The van der Waals surface area contributed by atoms with E-state index in [1.165, 1.54) is 8.61 Å². The standard InChI is InChI=1S/C12H22N2O4S/c1-12(2)7-5-9-14(12)19(17,18)13-8-4-3-6-10(13)11(15)16/h10H,3-9H2,1-2H3,(H,15,16). The van der Waals surface area contributed by atoms with Crippen LogP contribution >= 0.6 is 0 Å². The zero-order valence-corrected chi connectivity index (χ0v) is 12.3. The lowest BCUT2D eigenvalue weighted by Gasteiger charge is -2.39. The third-order valence-electron chi connectivity index (χ3n) is 4.14. The molecule has 0 bridgehead atoms. The van der Waals surface area contributed by atoms with E-state index in [9.17, 15) is 18.3 Å². The predicted octanol–water partition coefficient (Wildman–Crippen LogP) is 1.04. The molecule has 0 saturated carbocycles. The second kappa shape index (κ2) is 5.03. The summed E-state index contributed by atoms with van der Waals surface area (Å²) in [7, 11) is -3.68. The van der Waals surface area contributed by atoms with Crippen molar-refractivity contribution in [1.29, 1.82) is 0 Å². The summed E-state index contributed by atoms with van der Waals surface area (Å²) < 4.78 is 28.1. The van der Waals surface area contributed by atoms with Crippen LogP contribution in [0.2, 0.25) is 0 Å². The van der Waals surface area contributed by atoms with Gasteiger partial charge in [-0.15, -0.1) is 0 Å². The van der Waals surface area contributed by atoms with Gasteiger partial charge in [-0.05, 0) is 46.0 Å². The molecule has 0 aliphatic carbocycles. The Hall–Kier alpha value is -0.660. The average Bonchev–Trinajstić information content (AvgIpc) is 2.69. The van der Waals surface area contributed by atoms with Crippen molar-refractivity contribution >= 4 is 16.2 Å². The highest BCUT2D eigenvalue weighted by molar-refractivity contribution is 7.86. The van der Waals surface area contributed by atoms with E-state index in [0.717, 1.165) is 25.7 Å². The summed E-state index contributed by atoms with van der Waals surface area (Å²) >= 11 is 0. The van der Waals surface area contributed by atoms with Crippen molar-refractivity contribution in [3.63, 3.8) is 0 Å². The van der Waals surface area contributed by atoms with Crippen LogP contribution in [0.15, 0.2) is 0 Å². The third-order valence-corrected chi connectivity index (χ3v) is 6.40. The van der Waals surface area contributed by atoms with Crippen LogP contribution < -0.4 is 0 Å². The Balaban J connectivity index is 2.30. The molecule has 6 nitrogen and oxygen atoms in total. The molecule has 1 N–H and O–H groups in total. The van der Waals surface area contributed by atoms with Crippen LogP contribution in [0, 0.1) is 0 Å². The zero-order valence-electron chi connectivity index (χ0n) is 11.5. The quantitative estimate of drug-likeness (QED) is 0.842. The van der Waals surface area contributed by atoms with Crippen molar-refractivity contribution in [3.8, 4) is 0 Å². The summed E-state index contributed by atoms with van der Waals surface area (Å²) in [4.78, 5) is 11.3. The molecule has 2 rings (SSSR count). The van der Waals surface area contributed by atoms with Crippen molar-refractivity contribution < 1.29 is 18.3 Å². The monoisotopic (exact) mass is 290 g/mol. The van der Waals surface area contributed by atoms with Gasteiger partial charge in [0.25, 0.3) is 10.2 Å². The highest BCUT2D eigenvalue weighted by Crippen LogP contribution is 2.34. The summed E-state index contributed by atoms with van der Waals surface area (Å²) in [5.74, 6) is -1.04. The zero-order chi connectivity index (χ0) is 14.3. The Bertz CT molecular complexity index is 460. The van der Waals surface area contributed by atoms with E-state index in [1.54, 1.807) is 0 Å². The Labute approximate surface area is 114 Å². The van der Waals surface area contributed by atoms with Crippen molar-refractivity contribution in [1.82, 2.24) is 8.61 Å². The smallest absolute Gasteiger partial charge is 0.322 e. The van der Waals surface area contributed by atoms with E-state index in [-0.39, 0.29) is 0 Å². The number of carboxylic acids is 1. The van der Waals surface area contributed by atoms with Gasteiger partial charge in [0.05, 0.1) is 0 Å². The van der Waals surface area contributed by atoms with Crippen LogP contribution in [0.4, 0.5) is 0 Å². The van der Waals surface area contributed by atoms with Gasteiger partial charge in [-0.1, -0.05) is 0 Å². The van der Waals surface area contributed by atoms with Crippen LogP contribution in [0.25, 0.3) is 0 Å². The first-order valence-corrected chi connectivity index (χ1v) is 8.19. The van der Waals surface area contributed by atoms with Gasteiger partial charge in [0, 0.05) is 18.6 Å². The minimum absolute atomic E-state index is 0.311. The first-order chi connectivity index (χ1) is 8.77. The minimum atomic E-state index is -3.68. The van der Waals surface area contributed by atoms with Crippen molar-refractivity contribution in [3.05, 3.63) is 0 Å². The van der Waals surface area contributed by atoms with E-state index in [0.29, 0.717) is 19.5 Å². The van der Waals surface area contributed by atoms with Crippen LogP contribution in [-0.2, 0) is 15.0 Å². The van der Waals surface area contributed by atoms with Gasteiger partial charge in [0.2, 0.25) is 0 Å². The van der Waals surface area contributed by atoms with Gasteiger partial charge in [-0.2, -0.15) is 17.0 Å². The van der Waals surface area contributed by atoms with E-state index in [1.807, 2.05) is 13.8 Å². The lowest BCUT2D eigenvalue weighted by molar-refractivity contribution is -0.142. The molecule has 0 aromatic heterocycles. The second-order valence-corrected chi connectivity index (χ2v) is 7.76. The highest BCUT2D eigenvalue weighted by atomic mass is 32.2. The van der Waals surface area contributed by atoms with E-state index in [4.69, 9.17) is 0 Å². The van der Waals surface area contributed by atoms with Gasteiger partial charge >= 0.3 is 5.97 Å². The predicted molar refractivity (Wildman–Crippen MR) is 70.9 cm³/mol. The number of carbonyl (C=O) groups is 1. The van der Waals surface area contributed by atoms with Gasteiger partial charge in [-0.25, -0.2) is 0 Å². The average molecular weight is 290 g/mol. The van der Waals surface area contributed by atoms with Crippen LogP contribution in [0.5, 0.6) is 0 Å². The summed E-state index contributed by atoms with van der Waals surface area (Å²) in [6.45, 7) is 4.60. The maximum atomic E-state index is 12.7. The molecule has 0 amide bonds. The molecule has 7 heteroatoms. The van der Waals surface area contributed by atoms with Crippen molar-refractivity contribution in [2.75, 3.05) is 13.1 Å². The maximum absolute atomic E-state index is 12.7. The highest BCUT2D eigenvalue weighted by Gasteiger charge is 2.46. The summed E-state index contributed by atoms with van der Waals surface area (Å²) in [5.41, 5.74) is -0.417. The van der Waals surface area contributed by atoms with Gasteiger partial charge in [-0.3, -0.25) is 4.79 Å².